The van der Waals surface area contributed by atoms with E-state index in [-0.39, 0.29) is 5.41 Å². The zero-order valence-corrected chi connectivity index (χ0v) is 14.6. The minimum Gasteiger partial charge on any atom is -0.299 e. The summed E-state index contributed by atoms with van der Waals surface area (Å²) in [4.78, 5) is 26.7. The van der Waals surface area contributed by atoms with Crippen LogP contribution >= 0.6 is 11.6 Å². The molecule has 2 aliphatic heterocycles. The molecule has 24 heavy (non-hydrogen) atoms. The lowest BCUT2D eigenvalue weighted by atomic mass is 9.65. The smallest absolute Gasteiger partial charge is 0.299 e. The Morgan fingerprint density at radius 3 is 2.33 bits per heavy atom. The van der Waals surface area contributed by atoms with Gasteiger partial charge in [0, 0.05) is 16.0 Å². The fourth-order valence-electron chi connectivity index (χ4n) is 4.42. The quantitative estimate of drug-likeness (QED) is 0.724. The molecular formula is C20H18ClNO2. The second-order valence-corrected chi connectivity index (χ2v) is 7.94. The molecule has 4 heteroatoms. The molecule has 2 aliphatic rings. The molecule has 1 amide bonds. The first-order chi connectivity index (χ1) is 11.3. The van der Waals surface area contributed by atoms with Crippen molar-refractivity contribution in [1.29, 1.82) is 0 Å². The number of Topliss-reactive ketones (excluding diaryl/α,β-unsaturated/α-hetero) is 1. The molecule has 0 N–H and O–H groups in total. The number of anilines is 1. The highest BCUT2D eigenvalue weighted by molar-refractivity contribution is 6.52. The summed E-state index contributed by atoms with van der Waals surface area (Å²) in [7, 11) is 0. The standard InChI is InChI=1S/C20H18ClNO2/c1-19(2)11-20(3,12-7-9-13(21)10-8-12)15-6-4-5-14-16(15)22(19)18(24)17(14)23/h4-10H,11H2,1-3H3/t20-/m0/s1. The lowest BCUT2D eigenvalue weighted by molar-refractivity contribution is -0.115. The van der Waals surface area contributed by atoms with Crippen molar-refractivity contribution in [3.8, 4) is 0 Å². The van der Waals surface area contributed by atoms with Gasteiger partial charge in [-0.15, -0.1) is 0 Å². The second kappa shape index (κ2) is 4.70. The van der Waals surface area contributed by atoms with Crippen molar-refractivity contribution in [3.63, 3.8) is 0 Å². The number of nitrogens with zero attached hydrogens (tertiary/aromatic N) is 1. The molecule has 3 nitrogen and oxygen atoms in total. The largest absolute Gasteiger partial charge is 0.299 e. The zero-order valence-electron chi connectivity index (χ0n) is 13.9. The average Bonchev–Trinajstić information content (AvgIpc) is 2.79. The fraction of sp³-hybridized carbons (Fsp3) is 0.300. The van der Waals surface area contributed by atoms with Gasteiger partial charge in [0.05, 0.1) is 11.3 Å². The van der Waals surface area contributed by atoms with Crippen LogP contribution in [0.4, 0.5) is 5.69 Å². The minimum absolute atomic E-state index is 0.291. The van der Waals surface area contributed by atoms with Gasteiger partial charge in [-0.1, -0.05) is 42.8 Å². The highest BCUT2D eigenvalue weighted by Gasteiger charge is 2.53. The molecule has 2 aromatic rings. The number of ketones is 1. The van der Waals surface area contributed by atoms with Crippen molar-refractivity contribution in [2.75, 3.05) is 4.90 Å². The zero-order chi connectivity index (χ0) is 17.3. The van der Waals surface area contributed by atoms with Crippen LogP contribution in [0.2, 0.25) is 5.02 Å². The highest BCUT2D eigenvalue weighted by Crippen LogP contribution is 2.53. The summed E-state index contributed by atoms with van der Waals surface area (Å²) in [5.74, 6) is -0.819. The second-order valence-electron chi connectivity index (χ2n) is 7.50. The highest BCUT2D eigenvalue weighted by atomic mass is 35.5. The van der Waals surface area contributed by atoms with Gasteiger partial charge in [0.15, 0.2) is 0 Å². The van der Waals surface area contributed by atoms with Crippen molar-refractivity contribution in [2.24, 2.45) is 0 Å². The van der Waals surface area contributed by atoms with Crippen LogP contribution in [0.1, 0.15) is 48.7 Å². The van der Waals surface area contributed by atoms with E-state index in [0.717, 1.165) is 23.2 Å². The molecule has 2 aromatic carbocycles. The number of para-hydroxylation sites is 1. The van der Waals surface area contributed by atoms with Gasteiger partial charge < -0.3 is 0 Å². The van der Waals surface area contributed by atoms with Crippen LogP contribution in [0.5, 0.6) is 0 Å². The van der Waals surface area contributed by atoms with Crippen molar-refractivity contribution in [2.45, 2.75) is 38.1 Å². The van der Waals surface area contributed by atoms with E-state index in [2.05, 4.69) is 6.92 Å². The van der Waals surface area contributed by atoms with E-state index >= 15 is 0 Å². The van der Waals surface area contributed by atoms with Crippen molar-refractivity contribution in [3.05, 3.63) is 64.2 Å². The summed E-state index contributed by atoms with van der Waals surface area (Å²) >= 11 is 6.05. The number of halogens is 1. The van der Waals surface area contributed by atoms with Gasteiger partial charge >= 0.3 is 0 Å². The topological polar surface area (TPSA) is 37.4 Å². The maximum Gasteiger partial charge on any atom is 0.299 e. The molecule has 0 fully saturated rings. The van der Waals surface area contributed by atoms with Crippen LogP contribution in [0.15, 0.2) is 42.5 Å². The van der Waals surface area contributed by atoms with Crippen LogP contribution in [-0.2, 0) is 10.2 Å². The molecule has 0 unspecified atom stereocenters. The van der Waals surface area contributed by atoms with E-state index in [4.69, 9.17) is 11.6 Å². The molecular weight excluding hydrogens is 322 g/mol. The van der Waals surface area contributed by atoms with E-state index in [1.807, 2.05) is 50.2 Å². The average molecular weight is 340 g/mol. The number of hydrogen-bond acceptors (Lipinski definition) is 2. The van der Waals surface area contributed by atoms with Crippen LogP contribution in [-0.4, -0.2) is 17.2 Å². The Labute approximate surface area is 146 Å². The summed E-state index contributed by atoms with van der Waals surface area (Å²) < 4.78 is 0. The van der Waals surface area contributed by atoms with Gasteiger partial charge in [0.2, 0.25) is 0 Å². The maximum absolute atomic E-state index is 12.5. The summed E-state index contributed by atoms with van der Waals surface area (Å²) in [5.41, 5.74) is 2.73. The van der Waals surface area contributed by atoms with Crippen molar-refractivity contribution < 1.29 is 9.59 Å². The molecule has 0 aliphatic carbocycles. The monoisotopic (exact) mass is 339 g/mol. The minimum atomic E-state index is -0.444. The molecule has 122 valence electrons. The Kier molecular flexibility index (Phi) is 3.02. The molecule has 1 atom stereocenters. The van der Waals surface area contributed by atoms with Gasteiger partial charge in [-0.05, 0) is 49.6 Å². The Bertz CT molecular complexity index is 885. The third-order valence-electron chi connectivity index (χ3n) is 5.37. The lowest BCUT2D eigenvalue weighted by Gasteiger charge is -2.49. The molecule has 0 spiro atoms. The Morgan fingerprint density at radius 2 is 1.67 bits per heavy atom. The van der Waals surface area contributed by atoms with Crippen molar-refractivity contribution in [1.82, 2.24) is 0 Å². The fourth-order valence-corrected chi connectivity index (χ4v) is 4.55. The van der Waals surface area contributed by atoms with Crippen LogP contribution in [0.25, 0.3) is 0 Å². The molecule has 2 heterocycles. The Balaban J connectivity index is 2.02. The summed E-state index contributed by atoms with van der Waals surface area (Å²) in [5, 5.41) is 0.697. The lowest BCUT2D eigenvalue weighted by Crippen LogP contribution is -2.54. The summed E-state index contributed by atoms with van der Waals surface area (Å²) in [6.45, 7) is 6.23. The SMILES string of the molecule is CC1(C)C[C@@](C)(c2ccc(Cl)cc2)c2cccc3c2N1C(=O)C3=O. The number of carbonyl (C=O) groups is 2. The van der Waals surface area contributed by atoms with Gasteiger partial charge in [0.1, 0.15) is 0 Å². The first kappa shape index (κ1) is 15.4. The molecule has 0 radical (unpaired) electrons. The predicted octanol–water partition coefficient (Wildman–Crippen LogP) is 4.36. The normalized spacial score (nSPS) is 24.2. The summed E-state index contributed by atoms with van der Waals surface area (Å²) in [6, 6.07) is 13.5. The number of hydrogen-bond donors (Lipinski definition) is 0. The molecule has 0 bridgehead atoms. The van der Waals surface area contributed by atoms with E-state index in [1.165, 1.54) is 0 Å². The van der Waals surface area contributed by atoms with Gasteiger partial charge in [0.25, 0.3) is 11.7 Å². The third-order valence-corrected chi connectivity index (χ3v) is 5.62. The Morgan fingerprint density at radius 1 is 1.00 bits per heavy atom. The number of amides is 1. The van der Waals surface area contributed by atoms with Crippen molar-refractivity contribution >= 4 is 29.0 Å². The number of benzene rings is 2. The van der Waals surface area contributed by atoms with Crippen LogP contribution in [0.3, 0.4) is 0 Å². The van der Waals surface area contributed by atoms with Crippen LogP contribution < -0.4 is 4.90 Å². The van der Waals surface area contributed by atoms with E-state index in [0.29, 0.717) is 10.6 Å². The predicted molar refractivity (Wildman–Crippen MR) is 94.9 cm³/mol. The van der Waals surface area contributed by atoms with E-state index in [9.17, 15) is 9.59 Å². The number of rotatable bonds is 1. The van der Waals surface area contributed by atoms with E-state index in [1.54, 1.807) is 11.0 Å². The first-order valence-corrected chi connectivity index (χ1v) is 8.42. The van der Waals surface area contributed by atoms with Gasteiger partial charge in [-0.25, -0.2) is 0 Å². The summed E-state index contributed by atoms with van der Waals surface area (Å²) in [6.07, 6.45) is 0.733. The number of carbonyl (C=O) groups excluding carboxylic acids is 2. The molecule has 4 rings (SSSR count). The first-order valence-electron chi connectivity index (χ1n) is 8.04. The molecule has 0 saturated heterocycles. The molecule has 0 aromatic heterocycles. The van der Waals surface area contributed by atoms with Crippen LogP contribution in [0, 0.1) is 0 Å². The third kappa shape index (κ3) is 1.85. The Hall–Kier alpha value is -2.13. The van der Waals surface area contributed by atoms with E-state index < -0.39 is 17.2 Å². The molecule has 0 saturated carbocycles. The van der Waals surface area contributed by atoms with Gasteiger partial charge in [-0.2, -0.15) is 0 Å². The maximum atomic E-state index is 12.5. The van der Waals surface area contributed by atoms with Gasteiger partial charge in [-0.3, -0.25) is 14.5 Å².